The second kappa shape index (κ2) is 9.66. The molecule has 0 fully saturated rings. The smallest absolute Gasteiger partial charge is 0.269 e. The van der Waals surface area contributed by atoms with Gasteiger partial charge in [0.05, 0.1) is 28.3 Å². The molecular formula is C20H16N8O3S. The van der Waals surface area contributed by atoms with Gasteiger partial charge in [-0.25, -0.2) is 5.43 Å². The number of nitro groups is 1. The SMILES string of the molecule is O=C(CSc1nnnn1-c1ccccc1)N/N=C/c1cccn1-c1ccc([N+](=O)[O-])cc1. The number of carbonyl (C=O) groups is 1. The summed E-state index contributed by atoms with van der Waals surface area (Å²) in [6, 6.07) is 19.1. The van der Waals surface area contributed by atoms with Crippen molar-refractivity contribution in [2.45, 2.75) is 5.16 Å². The number of benzene rings is 2. The van der Waals surface area contributed by atoms with Gasteiger partial charge < -0.3 is 4.57 Å². The number of hydrazone groups is 1. The fourth-order valence-corrected chi connectivity index (χ4v) is 3.49. The van der Waals surface area contributed by atoms with E-state index in [1.54, 1.807) is 33.6 Å². The van der Waals surface area contributed by atoms with Crippen molar-refractivity contribution in [3.63, 3.8) is 0 Å². The maximum Gasteiger partial charge on any atom is 0.269 e. The average molecular weight is 448 g/mol. The molecule has 0 aliphatic heterocycles. The summed E-state index contributed by atoms with van der Waals surface area (Å²) in [5.74, 6) is -0.240. The molecule has 0 atom stereocenters. The van der Waals surface area contributed by atoms with Gasteiger partial charge in [0, 0.05) is 24.0 Å². The van der Waals surface area contributed by atoms with Crippen LogP contribution in [0.5, 0.6) is 0 Å². The standard InChI is InChI=1S/C20H16N8O3S/c29-19(14-32-20-23-24-25-27(20)16-5-2-1-3-6-16)22-21-13-18-7-4-12-26(18)15-8-10-17(11-9-15)28(30)31/h1-13H,14H2,(H,22,29)/b21-13+. The zero-order valence-electron chi connectivity index (χ0n) is 16.5. The van der Waals surface area contributed by atoms with Crippen molar-refractivity contribution in [2.24, 2.45) is 5.10 Å². The average Bonchev–Trinajstić information content (AvgIpc) is 3.48. The summed E-state index contributed by atoms with van der Waals surface area (Å²) in [5.41, 5.74) is 4.71. The van der Waals surface area contributed by atoms with E-state index in [0.29, 0.717) is 10.9 Å². The third kappa shape index (κ3) is 4.87. The first-order valence-corrected chi connectivity index (χ1v) is 10.3. The lowest BCUT2D eigenvalue weighted by Gasteiger charge is -2.06. The Kier molecular flexibility index (Phi) is 6.32. The quantitative estimate of drug-likeness (QED) is 0.190. The summed E-state index contributed by atoms with van der Waals surface area (Å²) in [6.07, 6.45) is 3.29. The van der Waals surface area contributed by atoms with E-state index >= 15 is 0 Å². The van der Waals surface area contributed by atoms with Crippen LogP contribution in [0.1, 0.15) is 5.69 Å². The number of nitrogens with one attached hydrogen (secondary N) is 1. The Morgan fingerprint density at radius 1 is 1.09 bits per heavy atom. The Morgan fingerprint density at radius 2 is 1.88 bits per heavy atom. The van der Waals surface area contributed by atoms with Crippen molar-refractivity contribution >= 4 is 29.6 Å². The van der Waals surface area contributed by atoms with E-state index in [9.17, 15) is 14.9 Å². The number of non-ortho nitro benzene ring substituents is 1. The molecule has 11 nitrogen and oxygen atoms in total. The van der Waals surface area contributed by atoms with Crippen LogP contribution in [0.4, 0.5) is 5.69 Å². The molecule has 160 valence electrons. The van der Waals surface area contributed by atoms with Gasteiger partial charge in [-0.15, -0.1) is 5.10 Å². The predicted octanol–water partition coefficient (Wildman–Crippen LogP) is 2.60. The Bertz CT molecular complexity index is 1250. The number of rotatable bonds is 8. The lowest BCUT2D eigenvalue weighted by Crippen LogP contribution is -2.20. The fourth-order valence-electron chi connectivity index (χ4n) is 2.80. The van der Waals surface area contributed by atoms with Gasteiger partial charge in [-0.2, -0.15) is 9.78 Å². The van der Waals surface area contributed by atoms with E-state index in [1.165, 1.54) is 30.1 Å². The minimum absolute atomic E-state index is 0.0131. The Hall–Kier alpha value is -4.32. The van der Waals surface area contributed by atoms with Crippen molar-refractivity contribution in [1.82, 2.24) is 30.2 Å². The molecule has 32 heavy (non-hydrogen) atoms. The van der Waals surface area contributed by atoms with Crippen molar-refractivity contribution < 1.29 is 9.72 Å². The number of hydrogen-bond acceptors (Lipinski definition) is 8. The number of carbonyl (C=O) groups excluding carboxylic acids is 1. The lowest BCUT2D eigenvalue weighted by atomic mass is 10.3. The maximum absolute atomic E-state index is 12.2. The maximum atomic E-state index is 12.2. The second-order valence-electron chi connectivity index (χ2n) is 6.37. The molecule has 0 spiro atoms. The van der Waals surface area contributed by atoms with Crippen molar-refractivity contribution in [3.05, 3.63) is 88.7 Å². The molecule has 2 heterocycles. The first-order valence-electron chi connectivity index (χ1n) is 9.32. The molecule has 0 saturated carbocycles. The van der Waals surface area contributed by atoms with Gasteiger partial charge >= 0.3 is 0 Å². The highest BCUT2D eigenvalue weighted by Crippen LogP contribution is 2.18. The van der Waals surface area contributed by atoms with Crippen LogP contribution in [0.3, 0.4) is 0 Å². The van der Waals surface area contributed by atoms with Crippen molar-refractivity contribution in [2.75, 3.05) is 5.75 Å². The third-order valence-corrected chi connectivity index (χ3v) is 5.20. The fraction of sp³-hybridized carbons (Fsp3) is 0.0500. The minimum atomic E-state index is -0.451. The van der Waals surface area contributed by atoms with E-state index in [0.717, 1.165) is 11.4 Å². The minimum Gasteiger partial charge on any atom is -0.316 e. The number of tetrazole rings is 1. The van der Waals surface area contributed by atoms with Crippen LogP contribution in [-0.4, -0.2) is 47.6 Å². The summed E-state index contributed by atoms with van der Waals surface area (Å²) in [6.45, 7) is 0. The van der Waals surface area contributed by atoms with E-state index in [-0.39, 0.29) is 17.3 Å². The van der Waals surface area contributed by atoms with Gasteiger partial charge in [0.25, 0.3) is 11.6 Å². The Morgan fingerprint density at radius 3 is 2.62 bits per heavy atom. The summed E-state index contributed by atoms with van der Waals surface area (Å²) in [4.78, 5) is 22.5. The first kappa shape index (κ1) is 20.9. The van der Waals surface area contributed by atoms with Crippen LogP contribution in [0.2, 0.25) is 0 Å². The van der Waals surface area contributed by atoms with Gasteiger partial charge in [-0.3, -0.25) is 14.9 Å². The van der Waals surface area contributed by atoms with Gasteiger partial charge in [-0.1, -0.05) is 30.0 Å². The summed E-state index contributed by atoms with van der Waals surface area (Å²) in [5, 5.41) is 26.9. The van der Waals surface area contributed by atoms with E-state index < -0.39 is 4.92 Å². The van der Waals surface area contributed by atoms with Gasteiger partial charge in [0.1, 0.15) is 0 Å². The van der Waals surface area contributed by atoms with Gasteiger partial charge in [0.2, 0.25) is 5.16 Å². The molecule has 2 aromatic carbocycles. The Labute approximate surface area is 185 Å². The van der Waals surface area contributed by atoms with Crippen LogP contribution in [-0.2, 0) is 4.79 Å². The van der Waals surface area contributed by atoms with Crippen LogP contribution in [0.15, 0.2) is 83.2 Å². The third-order valence-electron chi connectivity index (χ3n) is 4.28. The molecule has 1 amide bonds. The van der Waals surface area contributed by atoms with Crippen LogP contribution >= 0.6 is 11.8 Å². The van der Waals surface area contributed by atoms with Crippen LogP contribution < -0.4 is 5.43 Å². The predicted molar refractivity (Wildman–Crippen MR) is 118 cm³/mol. The summed E-state index contributed by atoms with van der Waals surface area (Å²) in [7, 11) is 0. The number of nitrogens with zero attached hydrogens (tertiary/aromatic N) is 7. The molecular weight excluding hydrogens is 432 g/mol. The van der Waals surface area contributed by atoms with Crippen LogP contribution in [0, 0.1) is 10.1 Å². The molecule has 0 unspecified atom stereocenters. The molecule has 1 N–H and O–H groups in total. The summed E-state index contributed by atoms with van der Waals surface area (Å²) < 4.78 is 3.35. The number of hydrogen-bond donors (Lipinski definition) is 1. The number of para-hydroxylation sites is 1. The van der Waals surface area contributed by atoms with Gasteiger partial charge in [0.15, 0.2) is 0 Å². The zero-order chi connectivity index (χ0) is 22.3. The number of thioether (sulfide) groups is 1. The number of nitro benzene ring substituents is 1. The van der Waals surface area contributed by atoms with E-state index in [4.69, 9.17) is 0 Å². The molecule has 0 saturated heterocycles. The van der Waals surface area contributed by atoms with Crippen LogP contribution in [0.25, 0.3) is 11.4 Å². The molecule has 0 aliphatic carbocycles. The van der Waals surface area contributed by atoms with Crippen molar-refractivity contribution in [1.29, 1.82) is 0 Å². The molecule has 4 aromatic rings. The molecule has 0 bridgehead atoms. The highest BCUT2D eigenvalue weighted by atomic mass is 32.2. The van der Waals surface area contributed by atoms with E-state index in [1.807, 2.05) is 36.4 Å². The Balaban J connectivity index is 1.35. The van der Waals surface area contributed by atoms with E-state index in [2.05, 4.69) is 26.1 Å². The molecule has 2 aromatic heterocycles. The lowest BCUT2D eigenvalue weighted by molar-refractivity contribution is -0.384. The highest BCUT2D eigenvalue weighted by Gasteiger charge is 2.11. The molecule has 0 radical (unpaired) electrons. The normalized spacial score (nSPS) is 11.0. The molecule has 4 rings (SSSR count). The molecule has 12 heteroatoms. The first-order chi connectivity index (χ1) is 15.6. The summed E-state index contributed by atoms with van der Waals surface area (Å²) >= 11 is 1.19. The largest absolute Gasteiger partial charge is 0.316 e. The van der Waals surface area contributed by atoms with Crippen molar-refractivity contribution in [3.8, 4) is 11.4 Å². The number of aromatic nitrogens is 5. The monoisotopic (exact) mass is 448 g/mol. The second-order valence-corrected chi connectivity index (χ2v) is 7.31. The molecule has 0 aliphatic rings. The number of amides is 1. The topological polar surface area (TPSA) is 133 Å². The highest BCUT2D eigenvalue weighted by molar-refractivity contribution is 7.99. The van der Waals surface area contributed by atoms with Gasteiger partial charge in [-0.05, 0) is 46.8 Å². The zero-order valence-corrected chi connectivity index (χ0v) is 17.3.